The molecule has 2 aromatic carbocycles. The maximum Gasteiger partial charge on any atom is 0.338 e. The summed E-state index contributed by atoms with van der Waals surface area (Å²) in [7, 11) is 0. The van der Waals surface area contributed by atoms with Gasteiger partial charge < -0.3 is 18.9 Å². The summed E-state index contributed by atoms with van der Waals surface area (Å²) in [6.07, 6.45) is 7.32. The maximum absolute atomic E-state index is 13.2. The van der Waals surface area contributed by atoms with Crippen LogP contribution in [0.2, 0.25) is 0 Å². The third kappa shape index (κ3) is 12.5. The number of unbranched alkanes of at least 4 members (excludes halogenated alkanes) is 6. The van der Waals surface area contributed by atoms with Crippen molar-refractivity contribution in [3.8, 4) is 17.2 Å². The molecule has 0 radical (unpaired) electrons. The zero-order valence-corrected chi connectivity index (χ0v) is 24.3. The molecular weight excluding hydrogens is 531 g/mol. The molecule has 0 unspecified atom stereocenters. The molecule has 0 heterocycles. The molecule has 0 aliphatic rings. The normalized spacial score (nSPS) is 10.6. The molecule has 0 aliphatic carbocycles. The number of hydrogen-bond donors (Lipinski definition) is 0. The Morgan fingerprint density at radius 2 is 1.07 bits per heavy atom. The number of benzene rings is 2. The number of carbonyl (C=O) groups is 4. The van der Waals surface area contributed by atoms with Crippen LogP contribution in [-0.4, -0.2) is 23.9 Å². The second-order valence-corrected chi connectivity index (χ2v) is 9.80. The highest BCUT2D eigenvalue weighted by atomic mass is 19.1. The predicted octanol–water partition coefficient (Wildman–Crippen LogP) is 7.64. The highest BCUT2D eigenvalue weighted by Gasteiger charge is 2.25. The van der Waals surface area contributed by atoms with E-state index in [4.69, 9.17) is 18.9 Å². The Labute approximate surface area is 241 Å². The summed E-state index contributed by atoms with van der Waals surface area (Å²) >= 11 is 0. The molecule has 0 saturated carbocycles. The van der Waals surface area contributed by atoms with Crippen molar-refractivity contribution >= 4 is 23.9 Å². The van der Waals surface area contributed by atoms with E-state index in [0.717, 1.165) is 38.5 Å². The molecule has 0 spiro atoms. The van der Waals surface area contributed by atoms with Crippen LogP contribution in [-0.2, 0) is 25.7 Å². The van der Waals surface area contributed by atoms with Crippen LogP contribution in [0.4, 0.5) is 4.39 Å². The summed E-state index contributed by atoms with van der Waals surface area (Å²) < 4.78 is 35.3. The van der Waals surface area contributed by atoms with Crippen LogP contribution in [0.5, 0.6) is 17.2 Å². The summed E-state index contributed by atoms with van der Waals surface area (Å²) in [6.45, 7) is 5.87. The number of ether oxygens (including phenoxy) is 4. The van der Waals surface area contributed by atoms with Gasteiger partial charge in [0, 0.05) is 19.3 Å². The number of carbonyl (C=O) groups excluding carboxylic acids is 4. The summed E-state index contributed by atoms with van der Waals surface area (Å²) in [5.41, 5.74) is 0.480. The second kappa shape index (κ2) is 18.6. The van der Waals surface area contributed by atoms with E-state index in [-0.39, 0.29) is 48.7 Å². The van der Waals surface area contributed by atoms with Crippen LogP contribution >= 0.6 is 0 Å². The highest BCUT2D eigenvalue weighted by Crippen LogP contribution is 2.40. The molecule has 0 N–H and O–H groups in total. The van der Waals surface area contributed by atoms with Crippen LogP contribution < -0.4 is 14.2 Å². The van der Waals surface area contributed by atoms with Gasteiger partial charge in [0.2, 0.25) is 5.75 Å². The molecule has 2 rings (SSSR count). The first-order valence-corrected chi connectivity index (χ1v) is 14.5. The minimum absolute atomic E-state index is 0.0781. The SMILES string of the molecule is CCCCCC(=O)Oc1cc(C(=O)OCc2ccc(F)cc2)cc(OC(=O)CCCCC)c1OC(=O)CCCCC. The number of esters is 4. The van der Waals surface area contributed by atoms with Crippen molar-refractivity contribution < 1.29 is 42.5 Å². The van der Waals surface area contributed by atoms with Gasteiger partial charge in [-0.1, -0.05) is 71.4 Å². The van der Waals surface area contributed by atoms with E-state index >= 15 is 0 Å². The van der Waals surface area contributed by atoms with Gasteiger partial charge in [-0.2, -0.15) is 0 Å². The minimum Gasteiger partial charge on any atom is -0.457 e. The summed E-state index contributed by atoms with van der Waals surface area (Å²) in [4.78, 5) is 51.0. The smallest absolute Gasteiger partial charge is 0.338 e. The Balaban J connectivity index is 2.41. The van der Waals surface area contributed by atoms with Crippen molar-refractivity contribution in [2.75, 3.05) is 0 Å². The average molecular weight is 573 g/mol. The fraction of sp³-hybridized carbons (Fsp3) is 0.500. The lowest BCUT2D eigenvalue weighted by atomic mass is 10.1. The lowest BCUT2D eigenvalue weighted by Crippen LogP contribution is -2.16. The number of rotatable bonds is 18. The Morgan fingerprint density at radius 3 is 1.51 bits per heavy atom. The summed E-state index contributed by atoms with van der Waals surface area (Å²) in [5.74, 6) is -3.66. The molecule has 0 fully saturated rings. The molecule has 224 valence electrons. The van der Waals surface area contributed by atoms with Crippen molar-refractivity contribution in [1.29, 1.82) is 0 Å². The molecule has 0 saturated heterocycles. The Hall–Kier alpha value is -3.75. The van der Waals surface area contributed by atoms with Gasteiger partial charge in [-0.15, -0.1) is 0 Å². The second-order valence-electron chi connectivity index (χ2n) is 9.80. The van der Waals surface area contributed by atoms with Gasteiger partial charge in [0.25, 0.3) is 0 Å². The molecule has 9 heteroatoms. The lowest BCUT2D eigenvalue weighted by Gasteiger charge is -2.16. The van der Waals surface area contributed by atoms with Crippen molar-refractivity contribution in [3.63, 3.8) is 0 Å². The van der Waals surface area contributed by atoms with E-state index in [0.29, 0.717) is 24.8 Å². The molecule has 0 amide bonds. The topological polar surface area (TPSA) is 105 Å². The molecule has 2 aromatic rings. The number of hydrogen-bond acceptors (Lipinski definition) is 8. The first-order chi connectivity index (χ1) is 19.8. The van der Waals surface area contributed by atoms with Crippen LogP contribution in [0, 0.1) is 5.82 Å². The van der Waals surface area contributed by atoms with Gasteiger partial charge >= 0.3 is 23.9 Å². The van der Waals surface area contributed by atoms with E-state index in [1.807, 2.05) is 20.8 Å². The Morgan fingerprint density at radius 1 is 0.634 bits per heavy atom. The Bertz CT molecular complexity index is 1100. The predicted molar refractivity (Wildman–Crippen MR) is 151 cm³/mol. The standard InChI is InChI=1S/C32H41FO8/c1-4-7-10-13-28(34)39-26-20-24(32(37)38-22-23-16-18-25(33)19-17-23)21-27(40-29(35)14-11-8-5-2)31(26)41-30(36)15-12-9-6-3/h16-21H,4-15,22H2,1-3H3. The van der Waals surface area contributed by atoms with E-state index in [1.165, 1.54) is 36.4 Å². The van der Waals surface area contributed by atoms with Gasteiger partial charge in [-0.05, 0) is 49.1 Å². The molecule has 8 nitrogen and oxygen atoms in total. The van der Waals surface area contributed by atoms with E-state index < -0.39 is 29.7 Å². The van der Waals surface area contributed by atoms with Crippen LogP contribution in [0.25, 0.3) is 0 Å². The zero-order chi connectivity index (χ0) is 30.0. The fourth-order valence-electron chi connectivity index (χ4n) is 3.83. The first-order valence-electron chi connectivity index (χ1n) is 14.5. The van der Waals surface area contributed by atoms with Gasteiger partial charge in [-0.3, -0.25) is 14.4 Å². The molecule has 0 bridgehead atoms. The zero-order valence-electron chi connectivity index (χ0n) is 24.3. The van der Waals surface area contributed by atoms with Crippen LogP contribution in [0.1, 0.15) is 114 Å². The third-order valence-corrected chi connectivity index (χ3v) is 6.16. The third-order valence-electron chi connectivity index (χ3n) is 6.16. The van der Waals surface area contributed by atoms with Crippen molar-refractivity contribution in [2.45, 2.75) is 104 Å². The van der Waals surface area contributed by atoms with Gasteiger partial charge in [-0.25, -0.2) is 9.18 Å². The molecule has 41 heavy (non-hydrogen) atoms. The molecule has 0 atom stereocenters. The highest BCUT2D eigenvalue weighted by molar-refractivity contribution is 5.92. The number of halogens is 1. The molecule has 0 aromatic heterocycles. The monoisotopic (exact) mass is 572 g/mol. The van der Waals surface area contributed by atoms with Gasteiger partial charge in [0.1, 0.15) is 12.4 Å². The van der Waals surface area contributed by atoms with Crippen molar-refractivity contribution in [2.24, 2.45) is 0 Å². The van der Waals surface area contributed by atoms with Crippen molar-refractivity contribution in [3.05, 3.63) is 53.3 Å². The average Bonchev–Trinajstić information content (AvgIpc) is 2.94. The maximum atomic E-state index is 13.2. The van der Waals surface area contributed by atoms with Gasteiger partial charge in [0.05, 0.1) is 5.56 Å². The largest absolute Gasteiger partial charge is 0.457 e. The van der Waals surface area contributed by atoms with E-state index in [9.17, 15) is 23.6 Å². The van der Waals surface area contributed by atoms with Crippen molar-refractivity contribution in [1.82, 2.24) is 0 Å². The van der Waals surface area contributed by atoms with Crippen LogP contribution in [0.3, 0.4) is 0 Å². The quantitative estimate of drug-likeness (QED) is 0.102. The van der Waals surface area contributed by atoms with E-state index in [2.05, 4.69) is 0 Å². The summed E-state index contributed by atoms with van der Waals surface area (Å²) in [6, 6.07) is 7.92. The summed E-state index contributed by atoms with van der Waals surface area (Å²) in [5, 5.41) is 0. The first kappa shape index (κ1) is 33.5. The van der Waals surface area contributed by atoms with Crippen LogP contribution in [0.15, 0.2) is 36.4 Å². The van der Waals surface area contributed by atoms with E-state index in [1.54, 1.807) is 0 Å². The Kier molecular flexibility index (Phi) is 15.2. The molecule has 0 aliphatic heterocycles. The fourth-order valence-corrected chi connectivity index (χ4v) is 3.83. The lowest BCUT2D eigenvalue weighted by molar-refractivity contribution is -0.138. The molecular formula is C32H41FO8. The van der Waals surface area contributed by atoms with Gasteiger partial charge in [0.15, 0.2) is 11.5 Å². The minimum atomic E-state index is -0.804.